The predicted octanol–water partition coefficient (Wildman–Crippen LogP) is 5.71. The minimum atomic E-state index is 0.0529. The van der Waals surface area contributed by atoms with Crippen LogP contribution in [0.5, 0.6) is 0 Å². The number of H-pyrrole nitrogens is 1. The average molecular weight is 321 g/mol. The number of hydrogen-bond donors (Lipinski definition) is 1. The molecule has 0 fully saturated rings. The Hall–Kier alpha value is -3.39. The molecule has 5 rings (SSSR count). The molecule has 25 heavy (non-hydrogen) atoms. The second-order valence-electron chi connectivity index (χ2n) is 6.29. The van der Waals surface area contributed by atoms with Crippen LogP contribution in [0.15, 0.2) is 84.9 Å². The highest BCUT2D eigenvalue weighted by molar-refractivity contribution is 6.21. The van der Waals surface area contributed by atoms with Gasteiger partial charge in [0.2, 0.25) is 0 Å². The molecule has 5 aromatic rings. The Bertz CT molecular complexity index is 1250. The van der Waals surface area contributed by atoms with Gasteiger partial charge in [-0.25, -0.2) is 0 Å². The van der Waals surface area contributed by atoms with Gasteiger partial charge >= 0.3 is 0 Å². The van der Waals surface area contributed by atoms with E-state index in [0.717, 1.165) is 16.4 Å². The highest BCUT2D eigenvalue weighted by Crippen LogP contribution is 2.33. The fraction of sp³-hybridized carbons (Fsp3) is 0. The van der Waals surface area contributed by atoms with E-state index in [1.54, 1.807) is 0 Å². The first-order valence-electron chi connectivity index (χ1n) is 8.34. The molecule has 0 saturated heterocycles. The molecular formula is C23H15NO. The maximum atomic E-state index is 12.8. The topological polar surface area (TPSA) is 32.9 Å². The molecule has 1 heterocycles. The lowest BCUT2D eigenvalue weighted by molar-refractivity contribution is 0.103. The summed E-state index contributed by atoms with van der Waals surface area (Å²) in [5.41, 5.74) is 3.58. The number of rotatable bonds is 2. The van der Waals surface area contributed by atoms with Crippen LogP contribution in [0.4, 0.5) is 0 Å². The van der Waals surface area contributed by atoms with E-state index in [2.05, 4.69) is 35.3 Å². The largest absolute Gasteiger partial charge is 0.354 e. The van der Waals surface area contributed by atoms with Crippen LogP contribution < -0.4 is 0 Å². The number of benzene rings is 4. The van der Waals surface area contributed by atoms with Crippen LogP contribution in [0.1, 0.15) is 15.9 Å². The van der Waals surface area contributed by atoms with Gasteiger partial charge in [0, 0.05) is 32.9 Å². The summed E-state index contributed by atoms with van der Waals surface area (Å²) in [5, 5.41) is 4.68. The van der Waals surface area contributed by atoms with Crippen molar-refractivity contribution in [3.63, 3.8) is 0 Å². The van der Waals surface area contributed by atoms with E-state index < -0.39 is 0 Å². The van der Waals surface area contributed by atoms with Crippen molar-refractivity contribution in [3.8, 4) is 0 Å². The molecule has 1 aromatic heterocycles. The van der Waals surface area contributed by atoms with Crippen molar-refractivity contribution in [1.82, 2.24) is 4.98 Å². The molecule has 0 radical (unpaired) electrons. The third-order valence-corrected chi connectivity index (χ3v) is 4.79. The summed E-state index contributed by atoms with van der Waals surface area (Å²) in [6.07, 6.45) is 0. The van der Waals surface area contributed by atoms with Gasteiger partial charge in [0.1, 0.15) is 0 Å². The number of nitrogens with one attached hydrogen (secondary N) is 1. The van der Waals surface area contributed by atoms with Crippen LogP contribution in [0.3, 0.4) is 0 Å². The number of ketones is 1. The monoisotopic (exact) mass is 321 g/mol. The summed E-state index contributed by atoms with van der Waals surface area (Å²) in [7, 11) is 0. The maximum absolute atomic E-state index is 12.8. The van der Waals surface area contributed by atoms with E-state index in [1.165, 1.54) is 16.2 Å². The fourth-order valence-corrected chi connectivity index (χ4v) is 3.57. The van der Waals surface area contributed by atoms with Crippen molar-refractivity contribution < 1.29 is 4.79 Å². The van der Waals surface area contributed by atoms with Gasteiger partial charge in [-0.3, -0.25) is 4.79 Å². The first kappa shape index (κ1) is 14.0. The Morgan fingerprint density at radius 1 is 0.640 bits per heavy atom. The van der Waals surface area contributed by atoms with E-state index in [-0.39, 0.29) is 5.78 Å². The van der Waals surface area contributed by atoms with E-state index >= 15 is 0 Å². The average Bonchev–Trinajstić information content (AvgIpc) is 3.06. The summed E-state index contributed by atoms with van der Waals surface area (Å²) in [5.74, 6) is 0.0529. The van der Waals surface area contributed by atoms with Crippen molar-refractivity contribution >= 4 is 38.4 Å². The lowest BCUT2D eigenvalue weighted by Crippen LogP contribution is -2.00. The minimum Gasteiger partial charge on any atom is -0.354 e. The van der Waals surface area contributed by atoms with E-state index in [1.807, 2.05) is 54.6 Å². The number of aromatic nitrogens is 1. The van der Waals surface area contributed by atoms with Gasteiger partial charge in [0.15, 0.2) is 5.78 Å². The van der Waals surface area contributed by atoms with Crippen molar-refractivity contribution in [3.05, 3.63) is 96.1 Å². The predicted molar refractivity (Wildman–Crippen MR) is 103 cm³/mol. The lowest BCUT2D eigenvalue weighted by atomic mass is 9.99. The van der Waals surface area contributed by atoms with Gasteiger partial charge in [-0.2, -0.15) is 0 Å². The van der Waals surface area contributed by atoms with E-state index in [9.17, 15) is 4.79 Å². The van der Waals surface area contributed by atoms with Gasteiger partial charge < -0.3 is 4.98 Å². The van der Waals surface area contributed by atoms with Crippen molar-refractivity contribution in [2.75, 3.05) is 0 Å². The van der Waals surface area contributed by atoms with Crippen molar-refractivity contribution in [2.24, 2.45) is 0 Å². The maximum Gasteiger partial charge on any atom is 0.193 e. The number of carbonyl (C=O) groups is 1. The Balaban J connectivity index is 1.80. The Morgan fingerprint density at radius 2 is 1.40 bits per heavy atom. The Kier molecular flexibility index (Phi) is 2.98. The summed E-state index contributed by atoms with van der Waals surface area (Å²) < 4.78 is 0. The second kappa shape index (κ2) is 5.32. The molecule has 118 valence electrons. The molecule has 0 unspecified atom stereocenters. The standard InChI is InChI=1S/C23H15NO/c25-23(16-7-2-1-3-8-16)17-11-12-20-19(14-17)22-18-9-5-4-6-15(18)10-13-21(22)24-20/h1-14,24H. The fourth-order valence-electron chi connectivity index (χ4n) is 3.57. The van der Waals surface area contributed by atoms with E-state index in [4.69, 9.17) is 0 Å². The van der Waals surface area contributed by atoms with Crippen LogP contribution in [0.2, 0.25) is 0 Å². The molecule has 1 N–H and O–H groups in total. The van der Waals surface area contributed by atoms with Gasteiger partial charge in [-0.15, -0.1) is 0 Å². The molecule has 2 nitrogen and oxygen atoms in total. The Morgan fingerprint density at radius 3 is 2.28 bits per heavy atom. The molecule has 4 aromatic carbocycles. The molecule has 0 aliphatic rings. The molecule has 0 saturated carbocycles. The Labute approximate surface area is 144 Å². The normalized spacial score (nSPS) is 11.4. The first-order valence-corrected chi connectivity index (χ1v) is 8.34. The van der Waals surface area contributed by atoms with Crippen LogP contribution >= 0.6 is 0 Å². The van der Waals surface area contributed by atoms with Gasteiger partial charge in [-0.1, -0.05) is 60.7 Å². The molecular weight excluding hydrogens is 306 g/mol. The number of fused-ring (bicyclic) bond motifs is 5. The molecule has 2 heteroatoms. The molecule has 0 bridgehead atoms. The van der Waals surface area contributed by atoms with Crippen molar-refractivity contribution in [1.29, 1.82) is 0 Å². The minimum absolute atomic E-state index is 0.0529. The zero-order valence-electron chi connectivity index (χ0n) is 13.5. The zero-order chi connectivity index (χ0) is 16.8. The SMILES string of the molecule is O=C(c1ccccc1)c1ccc2[nH]c3ccc4ccccc4c3c2c1. The van der Waals surface area contributed by atoms with Crippen LogP contribution in [0, 0.1) is 0 Å². The van der Waals surface area contributed by atoms with Gasteiger partial charge in [0.05, 0.1) is 0 Å². The highest BCUT2D eigenvalue weighted by Gasteiger charge is 2.13. The highest BCUT2D eigenvalue weighted by atomic mass is 16.1. The van der Waals surface area contributed by atoms with Crippen LogP contribution in [-0.4, -0.2) is 10.8 Å². The summed E-state index contributed by atoms with van der Waals surface area (Å²) in [4.78, 5) is 16.3. The first-order chi connectivity index (χ1) is 12.3. The third kappa shape index (κ3) is 2.15. The number of carbonyl (C=O) groups excluding carboxylic acids is 1. The number of hydrogen-bond acceptors (Lipinski definition) is 1. The molecule has 0 aliphatic carbocycles. The molecule has 0 atom stereocenters. The molecule has 0 aliphatic heterocycles. The zero-order valence-corrected chi connectivity index (χ0v) is 13.5. The quantitative estimate of drug-likeness (QED) is 0.415. The molecule has 0 amide bonds. The summed E-state index contributed by atoms with van der Waals surface area (Å²) in [6.45, 7) is 0. The van der Waals surface area contributed by atoms with Crippen LogP contribution in [0.25, 0.3) is 32.6 Å². The number of aromatic amines is 1. The molecule has 0 spiro atoms. The van der Waals surface area contributed by atoms with Crippen LogP contribution in [-0.2, 0) is 0 Å². The lowest BCUT2D eigenvalue weighted by Gasteiger charge is -2.03. The van der Waals surface area contributed by atoms with Gasteiger partial charge in [0.25, 0.3) is 0 Å². The summed E-state index contributed by atoms with van der Waals surface area (Å²) in [6, 6.07) is 27.9. The van der Waals surface area contributed by atoms with Gasteiger partial charge in [-0.05, 0) is 35.0 Å². The second-order valence-corrected chi connectivity index (χ2v) is 6.29. The van der Waals surface area contributed by atoms with E-state index in [0.29, 0.717) is 11.1 Å². The van der Waals surface area contributed by atoms with Crippen molar-refractivity contribution in [2.45, 2.75) is 0 Å². The summed E-state index contributed by atoms with van der Waals surface area (Å²) >= 11 is 0. The smallest absolute Gasteiger partial charge is 0.193 e. The third-order valence-electron chi connectivity index (χ3n) is 4.79.